The minimum absolute atomic E-state index is 0.121. The van der Waals surface area contributed by atoms with Crippen molar-refractivity contribution < 1.29 is 4.79 Å². The summed E-state index contributed by atoms with van der Waals surface area (Å²) in [4.78, 5) is 14.3. The molecule has 0 aromatic carbocycles. The van der Waals surface area contributed by atoms with E-state index in [0.29, 0.717) is 12.5 Å². The molecular weight excluding hydrogens is 228 g/mol. The number of rotatable bonds is 4. The van der Waals surface area contributed by atoms with Gasteiger partial charge in [-0.2, -0.15) is 5.10 Å². The van der Waals surface area contributed by atoms with Crippen LogP contribution in [0.25, 0.3) is 0 Å². The van der Waals surface area contributed by atoms with E-state index in [9.17, 15) is 4.79 Å². The fourth-order valence-electron chi connectivity index (χ4n) is 2.41. The van der Waals surface area contributed by atoms with Gasteiger partial charge >= 0.3 is 0 Å². The molecule has 0 spiro atoms. The molecule has 18 heavy (non-hydrogen) atoms. The summed E-state index contributed by atoms with van der Waals surface area (Å²) >= 11 is 0. The van der Waals surface area contributed by atoms with Gasteiger partial charge in [0.1, 0.15) is 0 Å². The number of nitrogens with two attached hydrogens (primary N) is 1. The van der Waals surface area contributed by atoms with Crippen molar-refractivity contribution in [1.29, 1.82) is 0 Å². The largest absolute Gasteiger partial charge is 0.338 e. The lowest BCUT2D eigenvalue weighted by atomic mass is 10.2. The van der Waals surface area contributed by atoms with Gasteiger partial charge in [0.2, 0.25) is 0 Å². The molecule has 2 rings (SSSR count). The second-order valence-corrected chi connectivity index (χ2v) is 5.15. The number of hydrogen-bond donors (Lipinski definition) is 1. The normalized spacial score (nSPS) is 19.5. The van der Waals surface area contributed by atoms with Crippen molar-refractivity contribution in [1.82, 2.24) is 14.7 Å². The molecule has 2 heterocycles. The van der Waals surface area contributed by atoms with Crippen LogP contribution in [-0.4, -0.2) is 40.2 Å². The summed E-state index contributed by atoms with van der Waals surface area (Å²) in [5, 5.41) is 4.28. The zero-order chi connectivity index (χ0) is 13.1. The zero-order valence-corrected chi connectivity index (χ0v) is 11.2. The van der Waals surface area contributed by atoms with Gasteiger partial charge in [0.05, 0.1) is 11.8 Å². The molecule has 1 aliphatic rings. The molecule has 0 bridgehead atoms. The molecule has 1 aromatic heterocycles. The minimum atomic E-state index is 0.121. The van der Waals surface area contributed by atoms with Crippen LogP contribution in [0.4, 0.5) is 0 Å². The Hall–Kier alpha value is -1.36. The zero-order valence-electron chi connectivity index (χ0n) is 11.2. The van der Waals surface area contributed by atoms with Gasteiger partial charge in [-0.15, -0.1) is 0 Å². The van der Waals surface area contributed by atoms with Gasteiger partial charge in [0.25, 0.3) is 5.91 Å². The van der Waals surface area contributed by atoms with Gasteiger partial charge in [0, 0.05) is 25.3 Å². The van der Waals surface area contributed by atoms with E-state index >= 15 is 0 Å². The first kappa shape index (κ1) is 13.1. The Labute approximate surface area is 108 Å². The predicted molar refractivity (Wildman–Crippen MR) is 70.3 cm³/mol. The number of amides is 1. The van der Waals surface area contributed by atoms with E-state index in [2.05, 4.69) is 12.0 Å². The lowest BCUT2D eigenvalue weighted by molar-refractivity contribution is 0.0787. The van der Waals surface area contributed by atoms with Crippen molar-refractivity contribution in [3.05, 3.63) is 17.5 Å². The molecule has 2 N–H and O–H groups in total. The Morgan fingerprint density at radius 2 is 2.39 bits per heavy atom. The standard InChI is InChI=1S/C13H22N4O/c1-10-4-7-16(9-10)13(18)12-8-15-17(11(12)2)6-3-5-14/h8,10H,3-7,9,14H2,1-2H3. The van der Waals surface area contributed by atoms with Gasteiger partial charge in [-0.1, -0.05) is 6.92 Å². The van der Waals surface area contributed by atoms with Gasteiger partial charge in [0.15, 0.2) is 0 Å². The Bertz CT molecular complexity index is 427. The SMILES string of the molecule is Cc1c(C(=O)N2CCC(C)C2)cnn1CCCN. The van der Waals surface area contributed by atoms with Crippen molar-refractivity contribution in [2.75, 3.05) is 19.6 Å². The summed E-state index contributed by atoms with van der Waals surface area (Å²) < 4.78 is 1.87. The summed E-state index contributed by atoms with van der Waals surface area (Å²) in [6.45, 7) is 7.30. The smallest absolute Gasteiger partial charge is 0.257 e. The van der Waals surface area contributed by atoms with Crippen molar-refractivity contribution in [3.8, 4) is 0 Å². The van der Waals surface area contributed by atoms with Gasteiger partial charge < -0.3 is 10.6 Å². The maximum absolute atomic E-state index is 12.3. The number of likely N-dealkylation sites (tertiary alicyclic amines) is 1. The molecule has 1 unspecified atom stereocenters. The van der Waals surface area contributed by atoms with E-state index in [1.807, 2.05) is 16.5 Å². The predicted octanol–water partition coefficient (Wildman–Crippen LogP) is 1.02. The van der Waals surface area contributed by atoms with E-state index < -0.39 is 0 Å². The molecular formula is C13H22N4O. The summed E-state index contributed by atoms with van der Waals surface area (Å²) in [7, 11) is 0. The van der Waals surface area contributed by atoms with E-state index in [4.69, 9.17) is 5.73 Å². The number of carbonyl (C=O) groups excluding carboxylic acids is 1. The maximum atomic E-state index is 12.3. The number of nitrogens with zero attached hydrogens (tertiary/aromatic N) is 3. The van der Waals surface area contributed by atoms with Crippen molar-refractivity contribution in [3.63, 3.8) is 0 Å². The Morgan fingerprint density at radius 1 is 1.61 bits per heavy atom. The van der Waals surface area contributed by atoms with Crippen LogP contribution in [-0.2, 0) is 6.54 Å². The summed E-state index contributed by atoms with van der Waals surface area (Å²) in [5.41, 5.74) is 7.18. The highest BCUT2D eigenvalue weighted by atomic mass is 16.2. The highest BCUT2D eigenvalue weighted by Gasteiger charge is 2.26. The lowest BCUT2D eigenvalue weighted by Crippen LogP contribution is -2.28. The molecule has 0 saturated carbocycles. The van der Waals surface area contributed by atoms with Crippen LogP contribution < -0.4 is 5.73 Å². The average molecular weight is 250 g/mol. The lowest BCUT2D eigenvalue weighted by Gasteiger charge is -2.15. The third-order valence-electron chi connectivity index (χ3n) is 3.62. The number of carbonyl (C=O) groups is 1. The first-order chi connectivity index (χ1) is 8.63. The first-order valence-electron chi connectivity index (χ1n) is 6.65. The monoisotopic (exact) mass is 250 g/mol. The molecule has 1 fully saturated rings. The van der Waals surface area contributed by atoms with Gasteiger partial charge in [-0.05, 0) is 32.2 Å². The van der Waals surface area contributed by atoms with Crippen LogP contribution in [0.15, 0.2) is 6.20 Å². The van der Waals surface area contributed by atoms with Crippen LogP contribution >= 0.6 is 0 Å². The number of aromatic nitrogens is 2. The van der Waals surface area contributed by atoms with Gasteiger partial charge in [-0.25, -0.2) is 0 Å². The highest BCUT2D eigenvalue weighted by molar-refractivity contribution is 5.95. The first-order valence-corrected chi connectivity index (χ1v) is 6.65. The minimum Gasteiger partial charge on any atom is -0.338 e. The van der Waals surface area contributed by atoms with Crippen LogP contribution in [0.5, 0.6) is 0 Å². The van der Waals surface area contributed by atoms with E-state index in [1.165, 1.54) is 0 Å². The third kappa shape index (κ3) is 2.56. The highest BCUT2D eigenvalue weighted by Crippen LogP contribution is 2.19. The number of hydrogen-bond acceptors (Lipinski definition) is 3. The second-order valence-electron chi connectivity index (χ2n) is 5.15. The van der Waals surface area contributed by atoms with E-state index in [1.54, 1.807) is 6.20 Å². The number of aryl methyl sites for hydroxylation is 1. The van der Waals surface area contributed by atoms with Crippen LogP contribution in [0.2, 0.25) is 0 Å². The second kappa shape index (κ2) is 5.52. The molecule has 5 nitrogen and oxygen atoms in total. The molecule has 1 amide bonds. The molecule has 1 saturated heterocycles. The van der Waals surface area contributed by atoms with Crippen molar-refractivity contribution in [2.24, 2.45) is 11.7 Å². The van der Waals surface area contributed by atoms with Gasteiger partial charge in [-0.3, -0.25) is 9.48 Å². The van der Waals surface area contributed by atoms with E-state index in [-0.39, 0.29) is 5.91 Å². The molecule has 5 heteroatoms. The summed E-state index contributed by atoms with van der Waals surface area (Å²) in [6.07, 6.45) is 3.68. The molecule has 1 atom stereocenters. The van der Waals surface area contributed by atoms with Crippen molar-refractivity contribution >= 4 is 5.91 Å². The molecule has 100 valence electrons. The van der Waals surface area contributed by atoms with Crippen LogP contribution in [0.3, 0.4) is 0 Å². The van der Waals surface area contributed by atoms with Crippen molar-refractivity contribution in [2.45, 2.75) is 33.2 Å². The molecule has 1 aromatic rings. The van der Waals surface area contributed by atoms with Crippen LogP contribution in [0, 0.1) is 12.8 Å². The topological polar surface area (TPSA) is 64.2 Å². The fraction of sp³-hybridized carbons (Fsp3) is 0.692. The fourth-order valence-corrected chi connectivity index (χ4v) is 2.41. The Kier molecular flexibility index (Phi) is 4.01. The molecule has 1 aliphatic heterocycles. The summed E-state index contributed by atoms with van der Waals surface area (Å²) in [6, 6.07) is 0. The maximum Gasteiger partial charge on any atom is 0.257 e. The van der Waals surface area contributed by atoms with E-state index in [0.717, 1.165) is 43.7 Å². The Balaban J connectivity index is 2.08. The quantitative estimate of drug-likeness (QED) is 0.867. The molecule has 0 radical (unpaired) electrons. The Morgan fingerprint density at radius 3 is 3.00 bits per heavy atom. The van der Waals surface area contributed by atoms with Crippen LogP contribution in [0.1, 0.15) is 35.8 Å². The third-order valence-corrected chi connectivity index (χ3v) is 3.62. The average Bonchev–Trinajstić information content (AvgIpc) is 2.93. The summed E-state index contributed by atoms with van der Waals surface area (Å²) in [5.74, 6) is 0.734. The molecule has 0 aliphatic carbocycles.